The molecule has 0 saturated heterocycles. The van der Waals surface area contributed by atoms with Gasteiger partial charge in [-0.1, -0.05) is 29.8 Å². The molecule has 0 unspecified atom stereocenters. The molecule has 4 rings (SSSR count). The first-order chi connectivity index (χ1) is 15.6. The van der Waals surface area contributed by atoms with Crippen LogP contribution in [0.15, 0.2) is 76.4 Å². The molecule has 0 aliphatic rings. The van der Waals surface area contributed by atoms with Crippen molar-refractivity contribution in [2.75, 3.05) is 11.6 Å². The van der Waals surface area contributed by atoms with Crippen molar-refractivity contribution < 1.29 is 17.6 Å². The number of benzene rings is 3. The number of hydrogen-bond acceptors (Lipinski definition) is 5. The molecule has 3 aromatic carbocycles. The molecule has 6 nitrogen and oxygen atoms in total. The summed E-state index contributed by atoms with van der Waals surface area (Å²) in [6.07, 6.45) is 4.09. The quantitative estimate of drug-likeness (QED) is 0.382. The van der Waals surface area contributed by atoms with Gasteiger partial charge < -0.3 is 9.73 Å². The van der Waals surface area contributed by atoms with Gasteiger partial charge >= 0.3 is 0 Å². The molecule has 1 heterocycles. The Bertz CT molecular complexity index is 1460. The molecule has 0 saturated carbocycles. The summed E-state index contributed by atoms with van der Waals surface area (Å²) in [5.41, 5.74) is 4.81. The Hall–Kier alpha value is -3.42. The normalized spacial score (nSPS) is 11.4. The number of halogens is 1. The number of carbonyl (C=O) groups excluding carboxylic acids is 1. The van der Waals surface area contributed by atoms with Crippen molar-refractivity contribution in [1.82, 2.24) is 4.98 Å². The van der Waals surface area contributed by atoms with E-state index >= 15 is 0 Å². The second-order valence-corrected chi connectivity index (χ2v) is 10.2. The maximum atomic E-state index is 13.3. The minimum Gasteiger partial charge on any atom is -0.444 e. The standard InChI is InChI=1S/C25H21ClN2O4S/c1-15-4-5-17(12-16(15)2)21-14-19(33(3,30)31)7-8-20(21)24(29)28-18-6-9-23(26)22(13-18)25-27-10-11-32-25/h4-14H,1-3H3,(H,28,29). The largest absolute Gasteiger partial charge is 0.444 e. The Morgan fingerprint density at radius 3 is 2.42 bits per heavy atom. The van der Waals surface area contributed by atoms with E-state index in [1.807, 2.05) is 32.0 Å². The van der Waals surface area contributed by atoms with Gasteiger partial charge in [-0.2, -0.15) is 0 Å². The first-order valence-electron chi connectivity index (χ1n) is 10.1. The molecule has 1 aromatic heterocycles. The van der Waals surface area contributed by atoms with E-state index in [4.69, 9.17) is 16.0 Å². The van der Waals surface area contributed by atoms with E-state index in [2.05, 4.69) is 10.3 Å². The number of amides is 1. The first-order valence-corrected chi connectivity index (χ1v) is 12.3. The number of rotatable bonds is 5. The van der Waals surface area contributed by atoms with Gasteiger partial charge in [0.2, 0.25) is 5.89 Å². The monoisotopic (exact) mass is 480 g/mol. The Labute approximate surface area is 197 Å². The molecule has 0 radical (unpaired) electrons. The summed E-state index contributed by atoms with van der Waals surface area (Å²) in [6.45, 7) is 3.96. The van der Waals surface area contributed by atoms with Crippen LogP contribution in [-0.4, -0.2) is 25.6 Å². The summed E-state index contributed by atoms with van der Waals surface area (Å²) in [6, 6.07) is 15.3. The summed E-state index contributed by atoms with van der Waals surface area (Å²) >= 11 is 6.26. The van der Waals surface area contributed by atoms with Crippen LogP contribution in [0.3, 0.4) is 0 Å². The highest BCUT2D eigenvalue weighted by molar-refractivity contribution is 7.90. The van der Waals surface area contributed by atoms with Crippen molar-refractivity contribution >= 4 is 33.0 Å². The summed E-state index contributed by atoms with van der Waals surface area (Å²) < 4.78 is 29.7. The third-order valence-electron chi connectivity index (χ3n) is 5.37. The fraction of sp³-hybridized carbons (Fsp3) is 0.120. The Morgan fingerprint density at radius 1 is 0.970 bits per heavy atom. The molecule has 168 valence electrons. The maximum absolute atomic E-state index is 13.3. The van der Waals surface area contributed by atoms with Gasteiger partial charge in [-0.05, 0) is 72.5 Å². The minimum atomic E-state index is -3.45. The number of oxazole rings is 1. The van der Waals surface area contributed by atoms with Gasteiger partial charge in [-0.15, -0.1) is 0 Å². The number of hydrogen-bond donors (Lipinski definition) is 1. The van der Waals surface area contributed by atoms with Gasteiger partial charge in [0.1, 0.15) is 6.26 Å². The van der Waals surface area contributed by atoms with E-state index in [1.165, 1.54) is 30.7 Å². The van der Waals surface area contributed by atoms with Crippen LogP contribution in [0.5, 0.6) is 0 Å². The van der Waals surface area contributed by atoms with Crippen LogP contribution in [0.1, 0.15) is 21.5 Å². The predicted octanol–water partition coefficient (Wildman–Crippen LogP) is 5.93. The smallest absolute Gasteiger partial charge is 0.256 e. The fourth-order valence-electron chi connectivity index (χ4n) is 3.42. The lowest BCUT2D eigenvalue weighted by Gasteiger charge is -2.14. The molecule has 33 heavy (non-hydrogen) atoms. The van der Waals surface area contributed by atoms with E-state index in [-0.39, 0.29) is 10.8 Å². The number of anilines is 1. The number of aromatic nitrogens is 1. The number of nitrogens with one attached hydrogen (secondary N) is 1. The zero-order chi connectivity index (χ0) is 23.8. The Balaban J connectivity index is 1.76. The van der Waals surface area contributed by atoms with E-state index in [1.54, 1.807) is 18.2 Å². The Kier molecular flexibility index (Phi) is 6.10. The molecule has 0 spiro atoms. The van der Waals surface area contributed by atoms with Crippen molar-refractivity contribution in [3.8, 4) is 22.6 Å². The average molecular weight is 481 g/mol. The molecule has 0 atom stereocenters. The van der Waals surface area contributed by atoms with Crippen molar-refractivity contribution in [2.45, 2.75) is 18.7 Å². The van der Waals surface area contributed by atoms with Crippen LogP contribution in [-0.2, 0) is 9.84 Å². The molecular weight excluding hydrogens is 460 g/mol. The van der Waals surface area contributed by atoms with Crippen molar-refractivity contribution in [1.29, 1.82) is 0 Å². The van der Waals surface area contributed by atoms with Crippen molar-refractivity contribution in [3.05, 3.63) is 88.8 Å². The van der Waals surface area contributed by atoms with Crippen molar-refractivity contribution in [2.24, 2.45) is 0 Å². The van der Waals surface area contributed by atoms with Crippen LogP contribution in [0.25, 0.3) is 22.6 Å². The number of nitrogens with zero attached hydrogens (tertiary/aromatic N) is 1. The van der Waals surface area contributed by atoms with Crippen LogP contribution in [0.4, 0.5) is 5.69 Å². The minimum absolute atomic E-state index is 0.143. The molecule has 0 aliphatic carbocycles. The summed E-state index contributed by atoms with van der Waals surface area (Å²) in [5.74, 6) is -0.0478. The lowest BCUT2D eigenvalue weighted by atomic mass is 9.96. The van der Waals surface area contributed by atoms with Gasteiger partial charge in [-0.25, -0.2) is 13.4 Å². The third-order valence-corrected chi connectivity index (χ3v) is 6.81. The summed E-state index contributed by atoms with van der Waals surface area (Å²) in [7, 11) is -3.45. The first kappa shape index (κ1) is 22.8. The van der Waals surface area contributed by atoms with Crippen molar-refractivity contribution in [3.63, 3.8) is 0 Å². The van der Waals surface area contributed by atoms with Crippen LogP contribution < -0.4 is 5.32 Å². The van der Waals surface area contributed by atoms with Gasteiger partial charge in [0, 0.05) is 17.5 Å². The fourth-order valence-corrected chi connectivity index (χ4v) is 4.27. The van der Waals surface area contributed by atoms with Gasteiger partial charge in [0.05, 0.1) is 21.7 Å². The zero-order valence-corrected chi connectivity index (χ0v) is 19.8. The topological polar surface area (TPSA) is 89.3 Å². The Morgan fingerprint density at radius 2 is 1.76 bits per heavy atom. The maximum Gasteiger partial charge on any atom is 0.256 e. The molecule has 1 N–H and O–H groups in total. The molecular formula is C25H21ClN2O4S. The third kappa shape index (κ3) is 4.84. The van der Waals surface area contributed by atoms with Crippen LogP contribution in [0.2, 0.25) is 5.02 Å². The average Bonchev–Trinajstić information content (AvgIpc) is 3.30. The molecule has 4 aromatic rings. The van der Waals surface area contributed by atoms with E-state index in [0.29, 0.717) is 33.3 Å². The van der Waals surface area contributed by atoms with Gasteiger partial charge in [-0.3, -0.25) is 4.79 Å². The van der Waals surface area contributed by atoms with Gasteiger partial charge in [0.25, 0.3) is 5.91 Å². The number of carbonyl (C=O) groups is 1. The van der Waals surface area contributed by atoms with E-state index in [0.717, 1.165) is 22.9 Å². The second kappa shape index (κ2) is 8.84. The molecule has 0 aliphatic heterocycles. The highest BCUT2D eigenvalue weighted by atomic mass is 35.5. The highest BCUT2D eigenvalue weighted by Crippen LogP contribution is 2.32. The SMILES string of the molecule is Cc1ccc(-c2cc(S(C)(=O)=O)ccc2C(=O)Nc2ccc(Cl)c(-c3ncco3)c2)cc1C. The lowest BCUT2D eigenvalue weighted by Crippen LogP contribution is -2.14. The molecule has 8 heteroatoms. The number of sulfone groups is 1. The van der Waals surface area contributed by atoms with Gasteiger partial charge in [0.15, 0.2) is 9.84 Å². The summed E-state index contributed by atoms with van der Waals surface area (Å²) in [4.78, 5) is 17.5. The zero-order valence-electron chi connectivity index (χ0n) is 18.2. The molecule has 0 fully saturated rings. The summed E-state index contributed by atoms with van der Waals surface area (Å²) in [5, 5.41) is 3.30. The lowest BCUT2D eigenvalue weighted by molar-refractivity contribution is 0.102. The number of aryl methyl sites for hydroxylation is 2. The predicted molar refractivity (Wildman–Crippen MR) is 129 cm³/mol. The van der Waals surface area contributed by atoms with E-state index < -0.39 is 9.84 Å². The second-order valence-electron chi connectivity index (χ2n) is 7.76. The molecule has 0 bridgehead atoms. The van der Waals surface area contributed by atoms with Crippen LogP contribution >= 0.6 is 11.6 Å². The van der Waals surface area contributed by atoms with Crippen LogP contribution in [0, 0.1) is 13.8 Å². The molecule has 1 amide bonds. The highest BCUT2D eigenvalue weighted by Gasteiger charge is 2.18. The van der Waals surface area contributed by atoms with E-state index in [9.17, 15) is 13.2 Å².